The first-order chi connectivity index (χ1) is 19.4. The third-order valence-electron chi connectivity index (χ3n) is 8.34. The van der Waals surface area contributed by atoms with Crippen molar-refractivity contribution < 1.29 is 19.3 Å². The lowest BCUT2D eigenvalue weighted by atomic mass is 9.63. The molecule has 3 aliphatic rings. The monoisotopic (exact) mass is 527 g/mol. The van der Waals surface area contributed by atoms with Gasteiger partial charge in [-0.2, -0.15) is 5.10 Å². The summed E-state index contributed by atoms with van der Waals surface area (Å²) in [6.45, 7) is 0. The minimum atomic E-state index is -1.78. The Morgan fingerprint density at radius 2 is 1.48 bits per heavy atom. The van der Waals surface area contributed by atoms with Gasteiger partial charge in [0.2, 0.25) is 0 Å². The van der Waals surface area contributed by atoms with Gasteiger partial charge in [-0.05, 0) is 16.7 Å². The number of rotatable bonds is 4. The van der Waals surface area contributed by atoms with Crippen molar-refractivity contribution in [3.63, 3.8) is 0 Å². The van der Waals surface area contributed by atoms with Gasteiger partial charge in [0.25, 0.3) is 5.69 Å². The Balaban J connectivity index is 1.57. The van der Waals surface area contributed by atoms with E-state index in [1.807, 2.05) is 24.3 Å². The molecular weight excluding hydrogens is 506 g/mol. The highest BCUT2D eigenvalue weighted by Crippen LogP contribution is 2.64. The molecule has 0 N–H and O–H groups in total. The number of benzene rings is 4. The predicted molar refractivity (Wildman–Crippen MR) is 147 cm³/mol. The molecule has 8 heteroatoms. The smallest absolute Gasteiger partial charge is 0.269 e. The van der Waals surface area contributed by atoms with Crippen LogP contribution < -0.4 is 0 Å². The van der Waals surface area contributed by atoms with Crippen molar-refractivity contribution in [2.24, 2.45) is 10.5 Å². The molecule has 1 unspecified atom stereocenters. The number of nitro groups is 1. The summed E-state index contributed by atoms with van der Waals surface area (Å²) < 4.78 is 0. The van der Waals surface area contributed by atoms with Crippen molar-refractivity contribution in [1.82, 2.24) is 5.01 Å². The molecule has 1 spiro atoms. The molecule has 0 saturated carbocycles. The molecule has 0 aromatic heterocycles. The molecule has 1 fully saturated rings. The lowest BCUT2D eigenvalue weighted by molar-refractivity contribution is -0.384. The first kappa shape index (κ1) is 23.8. The number of fused-ring (bicyclic) bond motifs is 5. The normalized spacial score (nSPS) is 21.7. The SMILES string of the molecule is O=C(c1ccccc1)[C@H]1[C@H](c2cccc([N+](=O)[O-])c2)C2(C(=O)c3ccccc3C2=O)C2c3ccccc3C=NN21. The van der Waals surface area contributed by atoms with E-state index in [4.69, 9.17) is 5.10 Å². The lowest BCUT2D eigenvalue weighted by Crippen LogP contribution is -2.43. The van der Waals surface area contributed by atoms with Gasteiger partial charge in [-0.25, -0.2) is 0 Å². The van der Waals surface area contributed by atoms with E-state index in [1.54, 1.807) is 71.9 Å². The maximum atomic E-state index is 14.7. The van der Waals surface area contributed by atoms with Gasteiger partial charge in [-0.3, -0.25) is 29.5 Å². The molecule has 8 nitrogen and oxygen atoms in total. The van der Waals surface area contributed by atoms with Crippen LogP contribution in [0.1, 0.15) is 59.7 Å². The minimum absolute atomic E-state index is 0.192. The van der Waals surface area contributed by atoms with Gasteiger partial charge in [-0.15, -0.1) is 0 Å². The number of hydrogen-bond donors (Lipinski definition) is 0. The average Bonchev–Trinajstić information content (AvgIpc) is 3.43. The number of hydrazone groups is 1. The van der Waals surface area contributed by atoms with Crippen LogP contribution in [0.2, 0.25) is 0 Å². The molecule has 3 atom stereocenters. The Labute approximate surface area is 228 Å². The number of nitrogens with zero attached hydrogens (tertiary/aromatic N) is 3. The molecule has 2 aliphatic heterocycles. The van der Waals surface area contributed by atoms with Gasteiger partial charge in [0.1, 0.15) is 11.5 Å². The summed E-state index contributed by atoms with van der Waals surface area (Å²) in [7, 11) is 0. The first-order valence-corrected chi connectivity index (χ1v) is 12.9. The number of non-ortho nitro benzene ring substituents is 1. The molecule has 0 radical (unpaired) electrons. The van der Waals surface area contributed by atoms with Crippen LogP contribution in [-0.2, 0) is 0 Å². The second kappa shape index (κ2) is 8.64. The summed E-state index contributed by atoms with van der Waals surface area (Å²) in [5, 5.41) is 18.1. The molecule has 0 amide bonds. The van der Waals surface area contributed by atoms with Crippen LogP contribution in [0.3, 0.4) is 0 Å². The Morgan fingerprint density at radius 3 is 2.17 bits per heavy atom. The van der Waals surface area contributed by atoms with E-state index in [9.17, 15) is 24.5 Å². The van der Waals surface area contributed by atoms with Crippen molar-refractivity contribution in [2.45, 2.75) is 18.0 Å². The van der Waals surface area contributed by atoms with E-state index < -0.39 is 39.9 Å². The van der Waals surface area contributed by atoms with Crippen LogP contribution in [-0.4, -0.2) is 39.5 Å². The largest absolute Gasteiger partial charge is 0.293 e. The van der Waals surface area contributed by atoms with E-state index in [0.717, 1.165) is 5.56 Å². The van der Waals surface area contributed by atoms with E-state index in [0.29, 0.717) is 16.7 Å². The Bertz CT molecular complexity index is 1750. The van der Waals surface area contributed by atoms with Crippen LogP contribution >= 0.6 is 0 Å². The van der Waals surface area contributed by atoms with Crippen LogP contribution in [0.25, 0.3) is 0 Å². The zero-order chi connectivity index (χ0) is 27.6. The van der Waals surface area contributed by atoms with Crippen molar-refractivity contribution in [3.05, 3.63) is 147 Å². The Kier molecular flexibility index (Phi) is 5.15. The molecule has 7 rings (SSSR count). The molecule has 40 heavy (non-hydrogen) atoms. The van der Waals surface area contributed by atoms with Crippen LogP contribution in [0, 0.1) is 15.5 Å². The Morgan fingerprint density at radius 1 is 0.825 bits per heavy atom. The number of Topliss-reactive ketones (excluding diaryl/α,β-unsaturated/α-hetero) is 3. The number of hydrogen-bond acceptors (Lipinski definition) is 7. The molecule has 4 aromatic rings. The number of nitro benzene ring substituents is 1. The fourth-order valence-corrected chi connectivity index (χ4v) is 6.75. The van der Waals surface area contributed by atoms with Gasteiger partial charge >= 0.3 is 0 Å². The van der Waals surface area contributed by atoms with E-state index in [2.05, 4.69) is 0 Å². The highest BCUT2D eigenvalue weighted by Gasteiger charge is 2.72. The summed E-state index contributed by atoms with van der Waals surface area (Å²) in [6, 6.07) is 26.6. The van der Waals surface area contributed by atoms with Gasteiger partial charge in [0.15, 0.2) is 17.3 Å². The Hall–Kier alpha value is -5.24. The summed E-state index contributed by atoms with van der Waals surface area (Å²) in [5.74, 6) is -2.20. The van der Waals surface area contributed by atoms with Crippen LogP contribution in [0.15, 0.2) is 108 Å². The third-order valence-corrected chi connectivity index (χ3v) is 8.34. The molecule has 1 aliphatic carbocycles. The van der Waals surface area contributed by atoms with E-state index >= 15 is 0 Å². The third kappa shape index (κ3) is 3.07. The minimum Gasteiger partial charge on any atom is -0.293 e. The van der Waals surface area contributed by atoms with E-state index in [1.165, 1.54) is 18.2 Å². The van der Waals surface area contributed by atoms with Crippen molar-refractivity contribution in [1.29, 1.82) is 0 Å². The van der Waals surface area contributed by atoms with Gasteiger partial charge in [0, 0.05) is 34.7 Å². The van der Waals surface area contributed by atoms with Crippen molar-refractivity contribution in [3.8, 4) is 0 Å². The van der Waals surface area contributed by atoms with Crippen LogP contribution in [0.4, 0.5) is 5.69 Å². The topological polar surface area (TPSA) is 110 Å². The summed E-state index contributed by atoms with van der Waals surface area (Å²) in [4.78, 5) is 55.0. The fraction of sp³-hybridized carbons (Fsp3) is 0.125. The van der Waals surface area contributed by atoms with Gasteiger partial charge < -0.3 is 0 Å². The maximum Gasteiger partial charge on any atom is 0.269 e. The van der Waals surface area contributed by atoms with Crippen molar-refractivity contribution in [2.75, 3.05) is 0 Å². The summed E-state index contributed by atoms with van der Waals surface area (Å²) >= 11 is 0. The van der Waals surface area contributed by atoms with E-state index in [-0.39, 0.29) is 22.6 Å². The highest BCUT2D eigenvalue weighted by atomic mass is 16.6. The standard InChI is InChI=1S/C32H21N3O5/c36-28(19-9-2-1-3-10-19)27-26(20-12-8-13-22(17-20)35(39)40)32(30(37)24-15-6-7-16-25(24)31(32)38)29-23-14-5-4-11-21(23)18-33-34(27)29/h1-18,26-27,29H/t26-,27+,29?/m0/s1. The lowest BCUT2D eigenvalue weighted by Gasteiger charge is -2.36. The van der Waals surface area contributed by atoms with Crippen molar-refractivity contribution >= 4 is 29.3 Å². The average molecular weight is 528 g/mol. The number of carbonyl (C=O) groups excluding carboxylic acids is 3. The van der Waals surface area contributed by atoms with Crippen LogP contribution in [0.5, 0.6) is 0 Å². The second-order valence-electron chi connectivity index (χ2n) is 10.2. The molecular formula is C32H21N3O5. The molecule has 1 saturated heterocycles. The first-order valence-electron chi connectivity index (χ1n) is 12.9. The maximum absolute atomic E-state index is 14.7. The summed E-state index contributed by atoms with van der Waals surface area (Å²) in [5.41, 5.74) is 0.787. The predicted octanol–water partition coefficient (Wildman–Crippen LogP) is 5.40. The zero-order valence-corrected chi connectivity index (χ0v) is 21.0. The fourth-order valence-electron chi connectivity index (χ4n) is 6.75. The molecule has 194 valence electrons. The van der Waals surface area contributed by atoms with Gasteiger partial charge in [0.05, 0.1) is 17.2 Å². The zero-order valence-electron chi connectivity index (χ0n) is 21.0. The number of carbonyl (C=O) groups is 3. The highest BCUT2D eigenvalue weighted by molar-refractivity contribution is 6.31. The molecule has 2 heterocycles. The molecule has 0 bridgehead atoms. The second-order valence-corrected chi connectivity index (χ2v) is 10.2. The number of ketones is 3. The molecule has 4 aromatic carbocycles. The summed E-state index contributed by atoms with van der Waals surface area (Å²) in [6.07, 6.45) is 1.64. The quantitative estimate of drug-likeness (QED) is 0.152. The van der Waals surface area contributed by atoms with Gasteiger partial charge in [-0.1, -0.05) is 91.0 Å².